The summed E-state index contributed by atoms with van der Waals surface area (Å²) in [6, 6.07) is 21.1. The van der Waals surface area contributed by atoms with Crippen molar-refractivity contribution in [2.24, 2.45) is 0 Å². The Kier molecular flexibility index (Phi) is 5.02. The monoisotopic (exact) mass is 431 g/mol. The molecule has 4 aromatic rings. The van der Waals surface area contributed by atoms with Gasteiger partial charge in [0.2, 0.25) is 5.91 Å². The Balaban J connectivity index is 1.36. The van der Waals surface area contributed by atoms with Gasteiger partial charge in [0, 0.05) is 12.7 Å². The van der Waals surface area contributed by atoms with Crippen molar-refractivity contribution in [3.8, 4) is 11.1 Å². The molecular weight excluding hydrogens is 410 g/mol. The highest BCUT2D eigenvalue weighted by Gasteiger charge is 2.51. The summed E-state index contributed by atoms with van der Waals surface area (Å²) < 4.78 is 19.9. The van der Waals surface area contributed by atoms with E-state index in [-0.39, 0.29) is 5.91 Å². The predicted molar refractivity (Wildman–Crippen MR) is 121 cm³/mol. The van der Waals surface area contributed by atoms with E-state index in [4.69, 9.17) is 4.42 Å². The maximum atomic E-state index is 13.2. The summed E-state index contributed by atoms with van der Waals surface area (Å²) in [5, 5.41) is 3.09. The highest BCUT2D eigenvalue weighted by atomic mass is 32.2. The molecular formula is C24H21N3O3S. The van der Waals surface area contributed by atoms with E-state index in [2.05, 4.69) is 15.0 Å². The molecule has 6 nitrogen and oxygen atoms in total. The summed E-state index contributed by atoms with van der Waals surface area (Å²) in [4.78, 5) is 18.1. The van der Waals surface area contributed by atoms with Gasteiger partial charge in [0.05, 0.1) is 16.8 Å². The van der Waals surface area contributed by atoms with Crippen LogP contribution in [0, 0.1) is 0 Å². The van der Waals surface area contributed by atoms with Gasteiger partial charge in [0.25, 0.3) is 0 Å². The van der Waals surface area contributed by atoms with Gasteiger partial charge >= 0.3 is 0 Å². The number of oxazole rings is 1. The second-order valence-electron chi connectivity index (χ2n) is 7.65. The van der Waals surface area contributed by atoms with Gasteiger partial charge in [-0.2, -0.15) is 0 Å². The van der Waals surface area contributed by atoms with Crippen molar-refractivity contribution in [2.75, 3.05) is 12.4 Å². The molecule has 0 radical (unpaired) electrons. The number of carbonyl (C=O) groups excluding carboxylic acids is 1. The number of rotatable bonds is 6. The standard InChI is InChI=1S/C24H21N3O3S/c1-25-31(29)20-8-5-16(6-9-20)17-3-2-4-19(13-17)27-23(28)24(11-12-24)18-7-10-22-21(14-18)26-15-30-22/h2-10,13-15,25H,11-12H2,1H3,(H,27,28). The van der Waals surface area contributed by atoms with Crippen molar-refractivity contribution in [3.63, 3.8) is 0 Å². The Morgan fingerprint density at radius 1 is 1.06 bits per heavy atom. The van der Waals surface area contributed by atoms with Crippen molar-refractivity contribution in [1.82, 2.24) is 9.71 Å². The zero-order valence-electron chi connectivity index (χ0n) is 16.9. The molecule has 31 heavy (non-hydrogen) atoms. The fraction of sp³-hybridized carbons (Fsp3) is 0.167. The second kappa shape index (κ2) is 7.85. The molecule has 3 aromatic carbocycles. The van der Waals surface area contributed by atoms with Crippen LogP contribution in [0.4, 0.5) is 5.69 Å². The number of hydrogen-bond donors (Lipinski definition) is 2. The minimum Gasteiger partial charge on any atom is -0.593 e. The van der Waals surface area contributed by atoms with Gasteiger partial charge in [-0.1, -0.05) is 18.2 Å². The summed E-state index contributed by atoms with van der Waals surface area (Å²) in [6.45, 7) is 0. The molecule has 2 N–H and O–H groups in total. The van der Waals surface area contributed by atoms with Crippen LogP contribution in [-0.4, -0.2) is 22.5 Å². The molecule has 1 unspecified atom stereocenters. The lowest BCUT2D eigenvalue weighted by Gasteiger charge is -2.16. The first-order valence-electron chi connectivity index (χ1n) is 10.0. The normalized spacial score (nSPS) is 15.5. The van der Waals surface area contributed by atoms with Gasteiger partial charge in [0.1, 0.15) is 5.52 Å². The Morgan fingerprint density at radius 2 is 1.87 bits per heavy atom. The van der Waals surface area contributed by atoms with Crippen LogP contribution in [0.15, 0.2) is 82.4 Å². The van der Waals surface area contributed by atoms with Gasteiger partial charge < -0.3 is 14.3 Å². The third-order valence-corrected chi connectivity index (χ3v) is 6.85. The quantitative estimate of drug-likeness (QED) is 0.442. The lowest BCUT2D eigenvalue weighted by molar-refractivity contribution is -0.118. The number of aromatic nitrogens is 1. The van der Waals surface area contributed by atoms with Crippen molar-refractivity contribution < 1.29 is 13.8 Å². The number of benzene rings is 3. The number of nitrogens with zero attached hydrogens (tertiary/aromatic N) is 1. The van der Waals surface area contributed by atoms with Gasteiger partial charge in [-0.15, -0.1) is 4.72 Å². The lowest BCUT2D eigenvalue weighted by Crippen LogP contribution is -2.27. The first kappa shape index (κ1) is 19.8. The van der Waals surface area contributed by atoms with Crippen LogP contribution in [-0.2, 0) is 21.6 Å². The molecule has 0 aliphatic heterocycles. The molecule has 1 saturated carbocycles. The third kappa shape index (κ3) is 3.72. The molecule has 1 aliphatic carbocycles. The Morgan fingerprint density at radius 3 is 2.61 bits per heavy atom. The van der Waals surface area contributed by atoms with E-state index >= 15 is 0 Å². The van der Waals surface area contributed by atoms with Crippen molar-refractivity contribution in [2.45, 2.75) is 23.2 Å². The van der Waals surface area contributed by atoms with Gasteiger partial charge in [-0.25, -0.2) is 4.98 Å². The molecule has 0 saturated heterocycles. The van der Waals surface area contributed by atoms with E-state index in [1.54, 1.807) is 7.05 Å². The summed E-state index contributed by atoms with van der Waals surface area (Å²) in [7, 11) is 1.66. The van der Waals surface area contributed by atoms with Gasteiger partial charge in [-0.05, 0) is 78.1 Å². The minimum atomic E-state index is -1.21. The number of fused-ring (bicyclic) bond motifs is 1. The number of carbonyl (C=O) groups is 1. The van der Waals surface area contributed by atoms with E-state index in [1.165, 1.54) is 6.39 Å². The molecule has 7 heteroatoms. The van der Waals surface area contributed by atoms with Crippen LogP contribution in [0.1, 0.15) is 18.4 Å². The highest BCUT2D eigenvalue weighted by Crippen LogP contribution is 2.49. The largest absolute Gasteiger partial charge is 0.593 e. The number of anilines is 1. The molecule has 1 heterocycles. The molecule has 1 atom stereocenters. The number of amides is 1. The molecule has 0 spiro atoms. The van der Waals surface area contributed by atoms with Crippen molar-refractivity contribution in [3.05, 3.63) is 78.7 Å². The first-order valence-corrected chi connectivity index (χ1v) is 11.2. The third-order valence-electron chi connectivity index (χ3n) is 5.78. The fourth-order valence-corrected chi connectivity index (χ4v) is 4.46. The van der Waals surface area contributed by atoms with Crippen molar-refractivity contribution in [1.29, 1.82) is 0 Å². The van der Waals surface area contributed by atoms with Crippen LogP contribution >= 0.6 is 0 Å². The summed E-state index contributed by atoms with van der Waals surface area (Å²) in [6.07, 6.45) is 3.04. The predicted octanol–water partition coefficient (Wildman–Crippen LogP) is 4.41. The van der Waals surface area contributed by atoms with E-state index in [0.717, 1.165) is 51.2 Å². The molecule has 5 rings (SSSR count). The molecule has 156 valence electrons. The smallest absolute Gasteiger partial charge is 0.235 e. The number of nitrogens with one attached hydrogen (secondary N) is 2. The Labute approximate surface area is 183 Å². The average Bonchev–Trinajstić information content (AvgIpc) is 3.49. The molecule has 1 amide bonds. The van der Waals surface area contributed by atoms with E-state index < -0.39 is 16.8 Å². The Bertz CT molecular complexity index is 1250. The molecule has 1 aliphatic rings. The number of hydrogen-bond acceptors (Lipinski definition) is 5. The van der Waals surface area contributed by atoms with Crippen LogP contribution < -0.4 is 10.0 Å². The SMILES string of the molecule is CN[S+]([O-])c1ccc(-c2cccc(NC(=O)C3(c4ccc5ocnc5c4)CC3)c2)cc1. The van der Waals surface area contributed by atoms with E-state index in [1.807, 2.05) is 66.7 Å². The molecule has 1 fully saturated rings. The van der Waals surface area contributed by atoms with E-state index in [9.17, 15) is 9.35 Å². The van der Waals surface area contributed by atoms with Crippen LogP contribution in [0.2, 0.25) is 0 Å². The maximum Gasteiger partial charge on any atom is 0.235 e. The summed E-state index contributed by atoms with van der Waals surface area (Å²) in [5.41, 5.74) is 4.66. The minimum absolute atomic E-state index is 0.00717. The maximum absolute atomic E-state index is 13.2. The summed E-state index contributed by atoms with van der Waals surface area (Å²) >= 11 is -1.21. The van der Waals surface area contributed by atoms with Crippen LogP contribution in [0.5, 0.6) is 0 Å². The molecule has 1 aromatic heterocycles. The van der Waals surface area contributed by atoms with Crippen molar-refractivity contribution >= 4 is 34.1 Å². The van der Waals surface area contributed by atoms with Gasteiger partial charge in [-0.3, -0.25) is 4.79 Å². The molecule has 0 bridgehead atoms. The van der Waals surface area contributed by atoms with Crippen LogP contribution in [0.25, 0.3) is 22.2 Å². The zero-order chi connectivity index (χ0) is 21.4. The highest BCUT2D eigenvalue weighted by molar-refractivity contribution is 7.89. The topological polar surface area (TPSA) is 90.2 Å². The van der Waals surface area contributed by atoms with E-state index in [0.29, 0.717) is 0 Å². The first-order chi connectivity index (χ1) is 15.1. The second-order valence-corrected chi connectivity index (χ2v) is 9.07. The van der Waals surface area contributed by atoms with Crippen LogP contribution in [0.3, 0.4) is 0 Å². The average molecular weight is 432 g/mol. The lowest BCUT2D eigenvalue weighted by atomic mass is 9.94. The summed E-state index contributed by atoms with van der Waals surface area (Å²) in [5.74, 6) is -0.00717. The van der Waals surface area contributed by atoms with Gasteiger partial charge in [0.15, 0.2) is 16.9 Å². The zero-order valence-corrected chi connectivity index (χ0v) is 17.7. The fourth-order valence-electron chi connectivity index (χ4n) is 3.84. The Hall–Kier alpha value is -3.13.